The molecule has 1 aromatic carbocycles. The summed E-state index contributed by atoms with van der Waals surface area (Å²) in [6.07, 6.45) is -4.09. The number of rotatable bonds is 6. The minimum absolute atomic E-state index is 0.00727. The van der Waals surface area contributed by atoms with E-state index < -0.39 is 23.8 Å². The number of carboxylic acid groups (broad SMARTS) is 1. The lowest BCUT2D eigenvalue weighted by molar-refractivity contribution is -0.140. The van der Waals surface area contributed by atoms with Crippen molar-refractivity contribution in [3.05, 3.63) is 34.3 Å². The van der Waals surface area contributed by atoms with Gasteiger partial charge in [-0.1, -0.05) is 25.4 Å². The van der Waals surface area contributed by atoms with Gasteiger partial charge < -0.3 is 10.4 Å². The van der Waals surface area contributed by atoms with Crippen LogP contribution in [0.25, 0.3) is 0 Å². The third-order valence-corrected chi connectivity index (χ3v) is 3.06. The Morgan fingerprint density at radius 1 is 1.33 bits per heavy atom. The normalized spacial score (nSPS) is 13.5. The molecule has 1 aromatic rings. The maximum atomic E-state index is 12.7. The van der Waals surface area contributed by atoms with E-state index in [2.05, 4.69) is 5.32 Å². The number of halogens is 4. The Bertz CT molecular complexity index is 503. The molecule has 0 fully saturated rings. The SMILES string of the molecule is CC(C)C[C@@H](NCc1cc(Cl)cc(C(F)(F)F)c1)C(=O)O. The zero-order valence-electron chi connectivity index (χ0n) is 11.7. The van der Waals surface area contributed by atoms with Gasteiger partial charge >= 0.3 is 12.1 Å². The Balaban J connectivity index is 2.83. The highest BCUT2D eigenvalue weighted by atomic mass is 35.5. The molecular weight excluding hydrogens is 307 g/mol. The third kappa shape index (κ3) is 5.93. The first-order valence-corrected chi connectivity index (χ1v) is 6.80. The Labute approximate surface area is 126 Å². The molecule has 2 N–H and O–H groups in total. The summed E-state index contributed by atoms with van der Waals surface area (Å²) in [7, 11) is 0. The van der Waals surface area contributed by atoms with E-state index in [0.717, 1.165) is 12.1 Å². The van der Waals surface area contributed by atoms with E-state index >= 15 is 0 Å². The molecule has 0 aromatic heterocycles. The fourth-order valence-electron chi connectivity index (χ4n) is 1.90. The van der Waals surface area contributed by atoms with E-state index in [1.165, 1.54) is 6.07 Å². The fourth-order valence-corrected chi connectivity index (χ4v) is 2.16. The van der Waals surface area contributed by atoms with Crippen molar-refractivity contribution in [2.75, 3.05) is 0 Å². The Morgan fingerprint density at radius 2 is 1.95 bits per heavy atom. The molecule has 3 nitrogen and oxygen atoms in total. The number of aliphatic carboxylic acids is 1. The molecule has 0 amide bonds. The highest BCUT2D eigenvalue weighted by Crippen LogP contribution is 2.31. The molecule has 0 radical (unpaired) electrons. The quantitative estimate of drug-likeness (QED) is 0.833. The number of hydrogen-bond donors (Lipinski definition) is 2. The molecule has 1 atom stereocenters. The summed E-state index contributed by atoms with van der Waals surface area (Å²) in [6.45, 7) is 3.75. The van der Waals surface area contributed by atoms with Gasteiger partial charge in [-0.05, 0) is 36.1 Å². The standard InChI is InChI=1S/C14H17ClF3NO2/c1-8(2)3-12(13(20)21)19-7-9-4-10(14(16,17)18)6-11(15)5-9/h4-6,8,12,19H,3,7H2,1-2H3,(H,20,21)/t12-/m1/s1. The minimum atomic E-state index is -4.48. The summed E-state index contributed by atoms with van der Waals surface area (Å²) in [4.78, 5) is 11.1. The average Bonchev–Trinajstić information content (AvgIpc) is 2.32. The topological polar surface area (TPSA) is 49.3 Å². The number of nitrogens with one attached hydrogen (secondary N) is 1. The fraction of sp³-hybridized carbons (Fsp3) is 0.500. The number of hydrogen-bond acceptors (Lipinski definition) is 2. The molecular formula is C14H17ClF3NO2. The predicted molar refractivity (Wildman–Crippen MR) is 74.2 cm³/mol. The van der Waals surface area contributed by atoms with E-state index in [4.69, 9.17) is 16.7 Å². The van der Waals surface area contributed by atoms with E-state index in [1.807, 2.05) is 13.8 Å². The van der Waals surface area contributed by atoms with Crippen LogP contribution in [0.1, 0.15) is 31.4 Å². The first kappa shape index (κ1) is 17.8. The summed E-state index contributed by atoms with van der Waals surface area (Å²) >= 11 is 5.67. The molecule has 0 bridgehead atoms. The molecule has 0 aliphatic rings. The van der Waals surface area contributed by atoms with Gasteiger partial charge in [-0.2, -0.15) is 13.2 Å². The predicted octanol–water partition coefficient (Wildman–Crippen LogP) is 3.95. The molecule has 1 rings (SSSR count). The lowest BCUT2D eigenvalue weighted by Gasteiger charge is -2.17. The maximum absolute atomic E-state index is 12.7. The van der Waals surface area contributed by atoms with Gasteiger partial charge in [-0.25, -0.2) is 0 Å². The monoisotopic (exact) mass is 323 g/mol. The Morgan fingerprint density at radius 3 is 2.43 bits per heavy atom. The van der Waals surface area contributed by atoms with E-state index in [-0.39, 0.29) is 17.5 Å². The molecule has 118 valence electrons. The van der Waals surface area contributed by atoms with Crippen molar-refractivity contribution in [2.45, 2.75) is 39.0 Å². The Hall–Kier alpha value is -1.27. The van der Waals surface area contributed by atoms with Crippen molar-refractivity contribution in [1.82, 2.24) is 5.32 Å². The van der Waals surface area contributed by atoms with Crippen LogP contribution in [0.5, 0.6) is 0 Å². The zero-order chi connectivity index (χ0) is 16.2. The number of benzene rings is 1. The third-order valence-electron chi connectivity index (χ3n) is 2.84. The molecule has 0 saturated carbocycles. The average molecular weight is 324 g/mol. The van der Waals surface area contributed by atoms with Gasteiger partial charge in [0.15, 0.2) is 0 Å². The van der Waals surface area contributed by atoms with Crippen LogP contribution < -0.4 is 5.32 Å². The van der Waals surface area contributed by atoms with E-state index in [9.17, 15) is 18.0 Å². The highest BCUT2D eigenvalue weighted by Gasteiger charge is 2.31. The summed E-state index contributed by atoms with van der Waals surface area (Å²) in [5.74, 6) is -0.870. The summed E-state index contributed by atoms with van der Waals surface area (Å²) in [6, 6.07) is 2.39. The molecule has 0 unspecified atom stereocenters. The van der Waals surface area contributed by atoms with Crippen LogP contribution in [0.2, 0.25) is 5.02 Å². The van der Waals surface area contributed by atoms with Crippen LogP contribution in [-0.4, -0.2) is 17.1 Å². The second-order valence-corrected chi connectivity index (χ2v) is 5.68. The molecule has 0 spiro atoms. The van der Waals surface area contributed by atoms with Gasteiger partial charge in [0, 0.05) is 11.6 Å². The summed E-state index contributed by atoms with van der Waals surface area (Å²) in [5.41, 5.74) is -0.549. The van der Waals surface area contributed by atoms with Crippen LogP contribution in [0.15, 0.2) is 18.2 Å². The molecule has 7 heteroatoms. The largest absolute Gasteiger partial charge is 0.480 e. The molecule has 0 saturated heterocycles. The number of alkyl halides is 3. The summed E-state index contributed by atoms with van der Waals surface area (Å²) in [5, 5.41) is 11.8. The van der Waals surface area contributed by atoms with E-state index in [0.29, 0.717) is 12.0 Å². The first-order valence-electron chi connectivity index (χ1n) is 6.42. The molecule has 0 heterocycles. The van der Waals surface area contributed by atoms with Crippen LogP contribution >= 0.6 is 11.6 Å². The van der Waals surface area contributed by atoms with Crippen LogP contribution in [0.4, 0.5) is 13.2 Å². The van der Waals surface area contributed by atoms with Gasteiger partial charge in [0.25, 0.3) is 0 Å². The maximum Gasteiger partial charge on any atom is 0.416 e. The number of carbonyl (C=O) groups is 1. The second kappa shape index (κ2) is 7.13. The van der Waals surface area contributed by atoms with Crippen molar-refractivity contribution >= 4 is 17.6 Å². The second-order valence-electron chi connectivity index (χ2n) is 5.25. The zero-order valence-corrected chi connectivity index (χ0v) is 12.4. The minimum Gasteiger partial charge on any atom is -0.480 e. The smallest absolute Gasteiger partial charge is 0.416 e. The lowest BCUT2D eigenvalue weighted by atomic mass is 10.0. The lowest BCUT2D eigenvalue weighted by Crippen LogP contribution is -2.37. The van der Waals surface area contributed by atoms with Gasteiger partial charge in [-0.3, -0.25) is 4.79 Å². The van der Waals surface area contributed by atoms with Crippen molar-refractivity contribution in [3.8, 4) is 0 Å². The van der Waals surface area contributed by atoms with Crippen molar-refractivity contribution in [2.24, 2.45) is 5.92 Å². The molecule has 0 aliphatic carbocycles. The summed E-state index contributed by atoms with van der Waals surface area (Å²) < 4.78 is 38.0. The van der Waals surface area contributed by atoms with Gasteiger partial charge in [0.2, 0.25) is 0 Å². The van der Waals surface area contributed by atoms with Crippen molar-refractivity contribution in [3.63, 3.8) is 0 Å². The van der Waals surface area contributed by atoms with Gasteiger partial charge in [0.1, 0.15) is 6.04 Å². The first-order chi connectivity index (χ1) is 9.59. The number of carboxylic acids is 1. The van der Waals surface area contributed by atoms with Crippen LogP contribution in [0, 0.1) is 5.92 Å². The van der Waals surface area contributed by atoms with Crippen LogP contribution in [-0.2, 0) is 17.5 Å². The van der Waals surface area contributed by atoms with Crippen molar-refractivity contribution in [1.29, 1.82) is 0 Å². The van der Waals surface area contributed by atoms with Crippen LogP contribution in [0.3, 0.4) is 0 Å². The molecule has 0 aliphatic heterocycles. The van der Waals surface area contributed by atoms with Crippen molar-refractivity contribution < 1.29 is 23.1 Å². The van der Waals surface area contributed by atoms with E-state index in [1.54, 1.807) is 0 Å². The Kier molecular flexibility index (Phi) is 6.04. The molecule has 21 heavy (non-hydrogen) atoms. The van der Waals surface area contributed by atoms with Gasteiger partial charge in [0.05, 0.1) is 5.56 Å². The van der Waals surface area contributed by atoms with Gasteiger partial charge in [-0.15, -0.1) is 0 Å². The highest BCUT2D eigenvalue weighted by molar-refractivity contribution is 6.30.